The smallest absolute Gasteiger partial charge is 0.369 e. The van der Waals surface area contributed by atoms with Crippen LogP contribution >= 0.6 is 75.2 Å². The van der Waals surface area contributed by atoms with Gasteiger partial charge in [0.2, 0.25) is 0 Å². The Morgan fingerprint density at radius 1 is 0.971 bits per heavy atom. The van der Waals surface area contributed by atoms with Crippen molar-refractivity contribution in [1.82, 2.24) is 10.6 Å². The monoisotopic (exact) mass is 656 g/mol. The molecule has 0 spiro atoms. The summed E-state index contributed by atoms with van der Waals surface area (Å²) in [6, 6.07) is 6.82. The summed E-state index contributed by atoms with van der Waals surface area (Å²) in [6.45, 7) is -1.39. The highest BCUT2D eigenvalue weighted by Crippen LogP contribution is 2.41. The molecule has 1 atom stereocenters. The standard InChI is InChI=1S/C21H14BrCl3F6N2S2/c22-14-5-10(1-3-12(14)19(35)32-8-17(34)33-9-20(26,27)28)2-4-13(21(29,30)31)11-6-15(23)18(25)16(24)7-11/h1-7,13H,8-9H2,(H,32,35)(H,33,34)/b4-2+. The van der Waals surface area contributed by atoms with E-state index in [2.05, 4.69) is 26.6 Å². The highest BCUT2D eigenvalue weighted by Gasteiger charge is 2.39. The van der Waals surface area contributed by atoms with Gasteiger partial charge in [-0.3, -0.25) is 0 Å². The molecule has 35 heavy (non-hydrogen) atoms. The van der Waals surface area contributed by atoms with E-state index in [1.807, 2.05) is 0 Å². The van der Waals surface area contributed by atoms with E-state index >= 15 is 0 Å². The van der Waals surface area contributed by atoms with Crippen LogP contribution in [0.5, 0.6) is 0 Å². The molecule has 2 N–H and O–H groups in total. The number of thiocarbonyl (C=S) groups is 2. The van der Waals surface area contributed by atoms with Gasteiger partial charge in [-0.05, 0) is 29.3 Å². The highest BCUT2D eigenvalue weighted by molar-refractivity contribution is 9.10. The van der Waals surface area contributed by atoms with Crippen molar-refractivity contribution in [2.45, 2.75) is 18.3 Å². The molecule has 0 radical (unpaired) electrons. The average molecular weight is 659 g/mol. The Morgan fingerprint density at radius 3 is 2.09 bits per heavy atom. The van der Waals surface area contributed by atoms with Crippen LogP contribution in [0.3, 0.4) is 0 Å². The molecular formula is C21H14BrCl3F6N2S2. The van der Waals surface area contributed by atoms with Crippen molar-refractivity contribution in [3.63, 3.8) is 0 Å². The van der Waals surface area contributed by atoms with Gasteiger partial charge in [0, 0.05) is 10.0 Å². The summed E-state index contributed by atoms with van der Waals surface area (Å²) in [5.41, 5.74) is 0.718. The van der Waals surface area contributed by atoms with Gasteiger partial charge in [-0.25, -0.2) is 0 Å². The second kappa shape index (κ2) is 12.4. The third kappa shape index (κ3) is 9.36. The number of nitrogens with one attached hydrogen (secondary N) is 2. The summed E-state index contributed by atoms with van der Waals surface area (Å²) in [7, 11) is 0. The fourth-order valence-electron chi connectivity index (χ4n) is 2.71. The molecule has 0 heterocycles. The number of halogens is 10. The number of rotatable bonds is 7. The molecule has 1 unspecified atom stereocenters. The largest absolute Gasteiger partial charge is 0.405 e. The molecule has 2 nitrogen and oxygen atoms in total. The molecule has 0 amide bonds. The van der Waals surface area contributed by atoms with Crippen LogP contribution in [-0.2, 0) is 0 Å². The minimum absolute atomic E-state index is 0.0389. The molecule has 2 aromatic rings. The third-order valence-electron chi connectivity index (χ3n) is 4.33. The van der Waals surface area contributed by atoms with E-state index in [0.29, 0.717) is 15.6 Å². The summed E-state index contributed by atoms with van der Waals surface area (Å²) >= 11 is 31.0. The molecule has 0 bridgehead atoms. The van der Waals surface area contributed by atoms with Crippen molar-refractivity contribution in [3.8, 4) is 0 Å². The first-order valence-corrected chi connectivity index (χ1v) is 12.1. The maximum atomic E-state index is 13.7. The molecule has 0 aliphatic carbocycles. The molecule has 14 heteroatoms. The molecule has 0 saturated carbocycles. The van der Waals surface area contributed by atoms with Crippen LogP contribution in [0.1, 0.15) is 22.6 Å². The first-order valence-electron chi connectivity index (χ1n) is 9.39. The van der Waals surface area contributed by atoms with Gasteiger partial charge in [-0.15, -0.1) is 0 Å². The Labute approximate surface area is 231 Å². The first-order chi connectivity index (χ1) is 16.1. The Kier molecular flexibility index (Phi) is 10.7. The van der Waals surface area contributed by atoms with Crippen LogP contribution in [-0.4, -0.2) is 35.4 Å². The van der Waals surface area contributed by atoms with E-state index in [4.69, 9.17) is 59.2 Å². The second-order valence-corrected chi connectivity index (χ2v) is 9.94. The number of alkyl halides is 6. The SMILES string of the molecule is FC(F)(F)CNC(=S)CNC(=S)c1ccc(/C=C/C(c2cc(Cl)c(Cl)c(Cl)c2)C(F)(F)F)cc1Br. The van der Waals surface area contributed by atoms with E-state index < -0.39 is 24.8 Å². The Hall–Kier alpha value is -1.11. The zero-order valence-electron chi connectivity index (χ0n) is 17.1. The van der Waals surface area contributed by atoms with Gasteiger partial charge >= 0.3 is 12.4 Å². The Bertz CT molecular complexity index is 1120. The highest BCUT2D eigenvalue weighted by atomic mass is 79.9. The van der Waals surface area contributed by atoms with E-state index in [0.717, 1.165) is 18.2 Å². The van der Waals surface area contributed by atoms with Crippen LogP contribution in [0.25, 0.3) is 6.08 Å². The number of allylic oxidation sites excluding steroid dienone is 1. The first kappa shape index (κ1) is 30.1. The molecule has 0 fully saturated rings. The van der Waals surface area contributed by atoms with Crippen molar-refractivity contribution in [2.24, 2.45) is 0 Å². The third-order valence-corrected chi connectivity index (χ3v) is 6.84. The van der Waals surface area contributed by atoms with Gasteiger partial charge in [-0.2, -0.15) is 26.3 Å². The van der Waals surface area contributed by atoms with E-state index in [1.54, 1.807) is 6.07 Å². The fourth-order valence-corrected chi connectivity index (χ4v) is 4.44. The fraction of sp³-hybridized carbons (Fsp3) is 0.238. The molecule has 0 saturated heterocycles. The van der Waals surface area contributed by atoms with Crippen LogP contribution in [0.2, 0.25) is 15.1 Å². The van der Waals surface area contributed by atoms with E-state index in [-0.39, 0.29) is 37.2 Å². The lowest BCUT2D eigenvalue weighted by Crippen LogP contribution is -2.39. The van der Waals surface area contributed by atoms with Gasteiger partial charge in [0.15, 0.2) is 0 Å². The predicted molar refractivity (Wildman–Crippen MR) is 140 cm³/mol. The maximum Gasteiger partial charge on any atom is 0.405 e. The normalized spacial score (nSPS) is 13.1. The number of hydrogen-bond donors (Lipinski definition) is 2. The van der Waals surface area contributed by atoms with Crippen LogP contribution in [0, 0.1) is 0 Å². The summed E-state index contributed by atoms with van der Waals surface area (Å²) in [6.07, 6.45) is -6.80. The quantitative estimate of drug-likeness (QED) is 0.177. The van der Waals surface area contributed by atoms with Gasteiger partial charge in [0.1, 0.15) is 11.5 Å². The summed E-state index contributed by atoms with van der Waals surface area (Å²) < 4.78 is 78.3. The zero-order valence-corrected chi connectivity index (χ0v) is 22.6. The van der Waals surface area contributed by atoms with E-state index in [1.165, 1.54) is 18.2 Å². The maximum absolute atomic E-state index is 13.7. The second-order valence-electron chi connectivity index (χ2n) is 6.99. The Balaban J connectivity index is 2.15. The Morgan fingerprint density at radius 2 is 1.57 bits per heavy atom. The number of hydrogen-bond acceptors (Lipinski definition) is 2. The lowest BCUT2D eigenvalue weighted by Gasteiger charge is -2.18. The van der Waals surface area contributed by atoms with Crippen molar-refractivity contribution in [3.05, 3.63) is 72.6 Å². The van der Waals surface area contributed by atoms with Crippen molar-refractivity contribution in [2.75, 3.05) is 13.1 Å². The molecule has 2 rings (SSSR count). The molecule has 190 valence electrons. The number of benzene rings is 2. The van der Waals surface area contributed by atoms with E-state index in [9.17, 15) is 26.3 Å². The van der Waals surface area contributed by atoms with Gasteiger partial charge < -0.3 is 10.6 Å². The predicted octanol–water partition coefficient (Wildman–Crippen LogP) is 8.51. The minimum Gasteiger partial charge on any atom is -0.369 e. The lowest BCUT2D eigenvalue weighted by atomic mass is 9.97. The lowest BCUT2D eigenvalue weighted by molar-refractivity contribution is -0.139. The van der Waals surface area contributed by atoms with Crippen molar-refractivity contribution in [1.29, 1.82) is 0 Å². The summed E-state index contributed by atoms with van der Waals surface area (Å²) in [5, 5.41) is 4.56. The molecule has 0 aliphatic rings. The van der Waals surface area contributed by atoms with Gasteiger partial charge in [-0.1, -0.05) is 99.5 Å². The minimum atomic E-state index is -4.63. The molecule has 0 aliphatic heterocycles. The van der Waals surface area contributed by atoms with Crippen LogP contribution < -0.4 is 10.6 Å². The zero-order chi connectivity index (χ0) is 26.6. The molecule has 0 aromatic heterocycles. The molecule has 2 aromatic carbocycles. The van der Waals surface area contributed by atoms with Crippen molar-refractivity contribution >= 4 is 91.2 Å². The summed E-state index contributed by atoms with van der Waals surface area (Å²) in [4.78, 5) is 0.100. The van der Waals surface area contributed by atoms with Gasteiger partial charge in [0.05, 0.1) is 32.5 Å². The summed E-state index contributed by atoms with van der Waals surface area (Å²) in [5.74, 6) is -2.00. The average Bonchev–Trinajstić information content (AvgIpc) is 2.73. The van der Waals surface area contributed by atoms with Gasteiger partial charge in [0.25, 0.3) is 0 Å². The van der Waals surface area contributed by atoms with Crippen LogP contribution in [0.15, 0.2) is 40.9 Å². The van der Waals surface area contributed by atoms with Crippen LogP contribution in [0.4, 0.5) is 26.3 Å². The van der Waals surface area contributed by atoms with Crippen molar-refractivity contribution < 1.29 is 26.3 Å². The molecular weight excluding hydrogens is 645 g/mol. The topological polar surface area (TPSA) is 24.1 Å².